The maximum atomic E-state index is 9.66. The monoisotopic (exact) mass is 343 g/mol. The van der Waals surface area contributed by atoms with Crippen LogP contribution in [0, 0.1) is 0 Å². The minimum Gasteiger partial charge on any atom is -0.507 e. The van der Waals surface area contributed by atoms with Crippen LogP contribution in [0.2, 0.25) is 10.0 Å². The normalized spacial score (nSPS) is 11.1. The van der Waals surface area contributed by atoms with Crippen LogP contribution in [0.4, 0.5) is 5.69 Å². The van der Waals surface area contributed by atoms with E-state index >= 15 is 0 Å². The Balaban J connectivity index is 2.32. The molecule has 0 unspecified atom stereocenters. The summed E-state index contributed by atoms with van der Waals surface area (Å²) >= 11 is 15.1. The highest BCUT2D eigenvalue weighted by atomic mass is 79.9. The van der Waals surface area contributed by atoms with E-state index in [1.165, 1.54) is 0 Å². The second-order valence-electron chi connectivity index (χ2n) is 3.59. The summed E-state index contributed by atoms with van der Waals surface area (Å²) in [5, 5.41) is 10.7. The van der Waals surface area contributed by atoms with Crippen molar-refractivity contribution >= 4 is 51.0 Å². The minimum absolute atomic E-state index is 0.162. The van der Waals surface area contributed by atoms with Crippen molar-refractivity contribution in [3.8, 4) is 5.75 Å². The van der Waals surface area contributed by atoms with Gasteiger partial charge in [0.15, 0.2) is 0 Å². The van der Waals surface area contributed by atoms with Crippen LogP contribution < -0.4 is 0 Å². The lowest BCUT2D eigenvalue weighted by Gasteiger charge is -2.00. The molecule has 0 amide bonds. The van der Waals surface area contributed by atoms with Crippen LogP contribution in [0.15, 0.2) is 45.9 Å². The van der Waals surface area contributed by atoms with Crippen molar-refractivity contribution in [2.24, 2.45) is 4.99 Å². The number of phenolic OH excluding ortho intramolecular Hbond substituents is 1. The molecule has 92 valence electrons. The van der Waals surface area contributed by atoms with Crippen molar-refractivity contribution in [1.29, 1.82) is 0 Å². The van der Waals surface area contributed by atoms with Gasteiger partial charge in [0.05, 0.1) is 5.69 Å². The largest absolute Gasteiger partial charge is 0.507 e. The molecule has 2 aromatic carbocycles. The topological polar surface area (TPSA) is 32.6 Å². The van der Waals surface area contributed by atoms with E-state index in [0.29, 0.717) is 21.3 Å². The first kappa shape index (κ1) is 13.4. The fourth-order valence-corrected chi connectivity index (χ4v) is 2.28. The van der Waals surface area contributed by atoms with E-state index in [1.807, 2.05) is 0 Å². The third-order valence-electron chi connectivity index (χ3n) is 2.19. The summed E-state index contributed by atoms with van der Waals surface area (Å²) in [7, 11) is 0. The van der Waals surface area contributed by atoms with Gasteiger partial charge < -0.3 is 5.11 Å². The van der Waals surface area contributed by atoms with Crippen LogP contribution >= 0.6 is 39.1 Å². The quantitative estimate of drug-likeness (QED) is 0.745. The second-order valence-corrected chi connectivity index (χ2v) is 5.38. The lowest BCUT2D eigenvalue weighted by atomic mass is 10.2. The summed E-state index contributed by atoms with van der Waals surface area (Å²) in [5.74, 6) is 0.162. The van der Waals surface area contributed by atoms with Crippen LogP contribution in [0.1, 0.15) is 5.56 Å². The van der Waals surface area contributed by atoms with E-state index < -0.39 is 0 Å². The van der Waals surface area contributed by atoms with E-state index in [2.05, 4.69) is 20.9 Å². The summed E-state index contributed by atoms with van der Waals surface area (Å²) in [5.41, 5.74) is 1.24. The number of hydrogen-bond acceptors (Lipinski definition) is 2. The van der Waals surface area contributed by atoms with Gasteiger partial charge in [-0.2, -0.15) is 0 Å². The highest BCUT2D eigenvalue weighted by Crippen LogP contribution is 2.25. The number of rotatable bonds is 2. The van der Waals surface area contributed by atoms with Gasteiger partial charge in [0, 0.05) is 26.3 Å². The summed E-state index contributed by atoms with van der Waals surface area (Å²) in [4.78, 5) is 4.23. The van der Waals surface area contributed by atoms with Gasteiger partial charge in [-0.05, 0) is 36.4 Å². The van der Waals surface area contributed by atoms with Gasteiger partial charge in [0.2, 0.25) is 0 Å². The van der Waals surface area contributed by atoms with Crippen molar-refractivity contribution in [3.05, 3.63) is 56.5 Å². The van der Waals surface area contributed by atoms with Crippen LogP contribution in [-0.2, 0) is 0 Å². The van der Waals surface area contributed by atoms with E-state index in [0.717, 1.165) is 4.47 Å². The molecule has 18 heavy (non-hydrogen) atoms. The lowest BCUT2D eigenvalue weighted by molar-refractivity contribution is 0.474. The van der Waals surface area contributed by atoms with Gasteiger partial charge in [-0.15, -0.1) is 0 Å². The molecule has 2 nitrogen and oxygen atoms in total. The molecule has 0 atom stereocenters. The van der Waals surface area contributed by atoms with Gasteiger partial charge in [0.1, 0.15) is 5.75 Å². The molecule has 0 fully saturated rings. The number of aliphatic imine (C=N–C) groups is 1. The van der Waals surface area contributed by atoms with Crippen LogP contribution in [0.5, 0.6) is 5.75 Å². The first-order valence-electron chi connectivity index (χ1n) is 5.03. The summed E-state index contributed by atoms with van der Waals surface area (Å²) in [6, 6.07) is 10.1. The molecule has 0 aliphatic rings. The Bertz CT molecular complexity index is 594. The van der Waals surface area contributed by atoms with E-state index in [-0.39, 0.29) is 5.75 Å². The van der Waals surface area contributed by atoms with E-state index in [4.69, 9.17) is 23.2 Å². The maximum absolute atomic E-state index is 9.66. The van der Waals surface area contributed by atoms with Gasteiger partial charge in [0.25, 0.3) is 0 Å². The van der Waals surface area contributed by atoms with Crippen LogP contribution in [-0.4, -0.2) is 11.3 Å². The molecule has 0 radical (unpaired) electrons. The molecule has 1 N–H and O–H groups in total. The fourth-order valence-electron chi connectivity index (χ4n) is 1.39. The predicted octanol–water partition coefficient (Wildman–Crippen LogP) is 5.21. The minimum atomic E-state index is 0.162. The smallest absolute Gasteiger partial charge is 0.124 e. The van der Waals surface area contributed by atoms with Crippen molar-refractivity contribution in [2.75, 3.05) is 0 Å². The molecule has 0 aliphatic heterocycles. The highest BCUT2D eigenvalue weighted by Gasteiger charge is 2.00. The SMILES string of the molecule is Oc1ccc(Br)cc1/C=N/c1cc(Cl)cc(Cl)c1. The fraction of sp³-hybridized carbons (Fsp3) is 0. The molecule has 0 heterocycles. The summed E-state index contributed by atoms with van der Waals surface area (Å²) in [6.45, 7) is 0. The number of aromatic hydroxyl groups is 1. The first-order chi connectivity index (χ1) is 8.54. The number of hydrogen-bond donors (Lipinski definition) is 1. The predicted molar refractivity (Wildman–Crippen MR) is 79.5 cm³/mol. The molecule has 0 saturated carbocycles. The van der Waals surface area contributed by atoms with Gasteiger partial charge in [-0.25, -0.2) is 0 Å². The Labute approximate surface area is 123 Å². The molecular formula is C13H8BrCl2NO. The summed E-state index contributed by atoms with van der Waals surface area (Å²) < 4.78 is 0.867. The standard InChI is InChI=1S/C13H8BrCl2NO/c14-9-1-2-13(18)8(3-9)7-17-12-5-10(15)4-11(16)6-12/h1-7,18H/b17-7+. The molecule has 0 bridgehead atoms. The average Bonchev–Trinajstić information content (AvgIpc) is 2.29. The van der Waals surface area contributed by atoms with Crippen molar-refractivity contribution in [1.82, 2.24) is 0 Å². The Kier molecular flexibility index (Phi) is 4.27. The van der Waals surface area contributed by atoms with Crippen LogP contribution in [0.25, 0.3) is 0 Å². The number of benzene rings is 2. The third kappa shape index (κ3) is 3.48. The van der Waals surface area contributed by atoms with Crippen molar-refractivity contribution in [2.45, 2.75) is 0 Å². The number of nitrogens with zero attached hydrogens (tertiary/aromatic N) is 1. The lowest BCUT2D eigenvalue weighted by Crippen LogP contribution is -1.82. The molecule has 5 heteroatoms. The maximum Gasteiger partial charge on any atom is 0.124 e. The zero-order valence-electron chi connectivity index (χ0n) is 9.07. The van der Waals surface area contributed by atoms with E-state index in [1.54, 1.807) is 42.6 Å². The zero-order chi connectivity index (χ0) is 13.1. The molecular weight excluding hydrogens is 337 g/mol. The first-order valence-corrected chi connectivity index (χ1v) is 6.58. The Morgan fingerprint density at radius 3 is 2.39 bits per heavy atom. The number of phenols is 1. The highest BCUT2D eigenvalue weighted by molar-refractivity contribution is 9.10. The Morgan fingerprint density at radius 2 is 1.72 bits per heavy atom. The van der Waals surface area contributed by atoms with Crippen molar-refractivity contribution < 1.29 is 5.11 Å². The zero-order valence-corrected chi connectivity index (χ0v) is 12.2. The Hall–Kier alpha value is -1.03. The number of halogens is 3. The average molecular weight is 345 g/mol. The van der Waals surface area contributed by atoms with Gasteiger partial charge in [-0.1, -0.05) is 39.1 Å². The van der Waals surface area contributed by atoms with Crippen LogP contribution in [0.3, 0.4) is 0 Å². The molecule has 0 aromatic heterocycles. The van der Waals surface area contributed by atoms with E-state index in [9.17, 15) is 5.11 Å². The van der Waals surface area contributed by atoms with Gasteiger partial charge >= 0.3 is 0 Å². The summed E-state index contributed by atoms with van der Waals surface area (Å²) in [6.07, 6.45) is 1.56. The second kappa shape index (κ2) is 5.74. The third-order valence-corrected chi connectivity index (χ3v) is 3.12. The van der Waals surface area contributed by atoms with Gasteiger partial charge in [-0.3, -0.25) is 4.99 Å². The molecule has 0 spiro atoms. The van der Waals surface area contributed by atoms with Crippen molar-refractivity contribution in [3.63, 3.8) is 0 Å². The molecule has 0 saturated heterocycles. The molecule has 2 rings (SSSR count). The molecule has 2 aromatic rings. The Morgan fingerprint density at radius 1 is 1.06 bits per heavy atom. The molecule has 0 aliphatic carbocycles.